The van der Waals surface area contributed by atoms with Gasteiger partial charge in [-0.05, 0) is 49.4 Å². The second kappa shape index (κ2) is 9.46. The molecule has 0 N–H and O–H groups in total. The number of aryl methyl sites for hydroxylation is 1. The number of nitrogens with zero attached hydrogens (tertiary/aromatic N) is 2. The minimum Gasteiger partial charge on any atom is -0.445 e. The van der Waals surface area contributed by atoms with Crippen molar-refractivity contribution in [3.05, 3.63) is 117 Å². The lowest BCUT2D eigenvalue weighted by Gasteiger charge is -2.22. The zero-order chi connectivity index (χ0) is 24.4. The van der Waals surface area contributed by atoms with E-state index in [1.165, 1.54) is 24.3 Å². The molecule has 1 heterocycles. The molecule has 1 aliphatic rings. The highest BCUT2D eigenvalue weighted by Crippen LogP contribution is 2.32. The lowest BCUT2D eigenvalue weighted by Crippen LogP contribution is -2.22. The number of esters is 1. The van der Waals surface area contributed by atoms with Crippen molar-refractivity contribution in [1.29, 1.82) is 0 Å². The van der Waals surface area contributed by atoms with E-state index < -0.39 is 22.8 Å². The number of benzene rings is 3. The van der Waals surface area contributed by atoms with Gasteiger partial charge in [0.2, 0.25) is 5.78 Å². The van der Waals surface area contributed by atoms with Crippen molar-refractivity contribution in [2.45, 2.75) is 31.8 Å². The van der Waals surface area contributed by atoms with E-state index in [1.54, 1.807) is 30.3 Å². The van der Waals surface area contributed by atoms with Gasteiger partial charge in [0, 0.05) is 34.3 Å². The Hall–Kier alpha value is -4.39. The third-order valence-electron chi connectivity index (χ3n) is 6.30. The molecule has 0 radical (unpaired) electrons. The topological polar surface area (TPSA) is 99.4 Å². The van der Waals surface area contributed by atoms with Crippen LogP contribution < -0.4 is 0 Å². The van der Waals surface area contributed by atoms with Gasteiger partial charge in [0.25, 0.3) is 5.69 Å². The number of non-ortho nitro benzene ring substituents is 1. The van der Waals surface area contributed by atoms with Crippen molar-refractivity contribution in [1.82, 2.24) is 4.98 Å². The molecule has 174 valence electrons. The van der Waals surface area contributed by atoms with Gasteiger partial charge in [0.05, 0.1) is 16.0 Å². The number of ether oxygens (including phenoxy) is 1. The minimum absolute atomic E-state index is 0.111. The summed E-state index contributed by atoms with van der Waals surface area (Å²) in [4.78, 5) is 42.5. The quantitative estimate of drug-likeness (QED) is 0.154. The van der Waals surface area contributed by atoms with E-state index in [0.717, 1.165) is 30.5 Å². The fraction of sp³-hybridized carbons (Fsp3) is 0.179. The van der Waals surface area contributed by atoms with E-state index >= 15 is 0 Å². The highest BCUT2D eigenvalue weighted by atomic mass is 16.6. The summed E-state index contributed by atoms with van der Waals surface area (Å²) in [5, 5.41) is 11.8. The van der Waals surface area contributed by atoms with Gasteiger partial charge in [-0.15, -0.1) is 0 Å². The number of nitro groups is 1. The fourth-order valence-electron chi connectivity index (χ4n) is 4.57. The monoisotopic (exact) mass is 466 g/mol. The fourth-order valence-corrected chi connectivity index (χ4v) is 4.57. The molecule has 3 aromatic carbocycles. The van der Waals surface area contributed by atoms with E-state index in [1.807, 2.05) is 24.3 Å². The maximum atomic E-state index is 13.7. The van der Waals surface area contributed by atoms with Crippen molar-refractivity contribution in [3.8, 4) is 0 Å². The molecule has 1 aromatic heterocycles. The van der Waals surface area contributed by atoms with Gasteiger partial charge >= 0.3 is 5.97 Å². The average molecular weight is 466 g/mol. The van der Waals surface area contributed by atoms with Gasteiger partial charge in [0.1, 0.15) is 0 Å². The summed E-state index contributed by atoms with van der Waals surface area (Å²) in [6.07, 6.45) is 2.20. The molecule has 7 heteroatoms. The first kappa shape index (κ1) is 22.4. The van der Waals surface area contributed by atoms with Crippen LogP contribution in [0, 0.1) is 10.1 Å². The lowest BCUT2D eigenvalue weighted by molar-refractivity contribution is -0.384. The second-order valence-corrected chi connectivity index (χ2v) is 8.50. The van der Waals surface area contributed by atoms with E-state index in [2.05, 4.69) is 0 Å². The number of hydrogen-bond donors (Lipinski definition) is 0. The molecule has 1 atom stereocenters. The summed E-state index contributed by atoms with van der Waals surface area (Å²) < 4.78 is 5.93. The third-order valence-corrected chi connectivity index (χ3v) is 6.30. The third kappa shape index (κ3) is 4.40. The summed E-state index contributed by atoms with van der Waals surface area (Å²) in [5.74, 6) is -1.01. The molecular weight excluding hydrogens is 444 g/mol. The predicted octanol–water partition coefficient (Wildman–Crippen LogP) is 5.80. The summed E-state index contributed by atoms with van der Waals surface area (Å²) >= 11 is 0. The number of hydrogen-bond acceptors (Lipinski definition) is 6. The van der Waals surface area contributed by atoms with Crippen LogP contribution in [0.1, 0.15) is 56.5 Å². The van der Waals surface area contributed by atoms with Crippen LogP contribution in [0.4, 0.5) is 5.69 Å². The molecule has 0 unspecified atom stereocenters. The summed E-state index contributed by atoms with van der Waals surface area (Å²) in [6, 6.07) is 21.5. The number of para-hydroxylation sites is 1. The Kier molecular flexibility index (Phi) is 6.06. The molecule has 0 amide bonds. The Morgan fingerprint density at radius 1 is 0.886 bits per heavy atom. The predicted molar refractivity (Wildman–Crippen MR) is 130 cm³/mol. The molecule has 5 rings (SSSR count). The second-order valence-electron chi connectivity index (χ2n) is 8.50. The average Bonchev–Trinajstić information content (AvgIpc) is 2.90. The Morgan fingerprint density at radius 3 is 2.31 bits per heavy atom. The number of pyridine rings is 1. The van der Waals surface area contributed by atoms with Crippen LogP contribution in [0.2, 0.25) is 0 Å². The zero-order valence-corrected chi connectivity index (χ0v) is 18.8. The standard InChI is InChI=1S/C28H22N2O5/c31-26(18-8-2-1-3-9-18)27(19-14-16-20(17-15-19)30(33)34)35-28(32)25-21-10-4-6-12-23(21)29-24-13-7-5-11-22(24)25/h1-4,6,8-10,12,14-17,27H,5,7,11,13H2/t27-/m1/s1. The summed E-state index contributed by atoms with van der Waals surface area (Å²) in [7, 11) is 0. The van der Waals surface area contributed by atoms with Crippen molar-refractivity contribution in [3.63, 3.8) is 0 Å². The van der Waals surface area contributed by atoms with Gasteiger partial charge in [0.15, 0.2) is 6.10 Å². The number of carbonyl (C=O) groups excluding carboxylic acids is 2. The van der Waals surface area contributed by atoms with Crippen LogP contribution in [0.25, 0.3) is 10.9 Å². The van der Waals surface area contributed by atoms with Crippen molar-refractivity contribution in [2.75, 3.05) is 0 Å². The Morgan fingerprint density at radius 2 is 1.57 bits per heavy atom. The van der Waals surface area contributed by atoms with Crippen molar-refractivity contribution < 1.29 is 19.2 Å². The van der Waals surface area contributed by atoms with E-state index in [-0.39, 0.29) is 5.69 Å². The van der Waals surface area contributed by atoms with Gasteiger partial charge in [-0.2, -0.15) is 0 Å². The molecule has 0 saturated carbocycles. The van der Waals surface area contributed by atoms with E-state index in [0.29, 0.717) is 34.0 Å². The number of Topliss-reactive ketones (excluding diaryl/α,β-unsaturated/α-hetero) is 1. The molecule has 35 heavy (non-hydrogen) atoms. The first-order valence-corrected chi connectivity index (χ1v) is 11.5. The first-order valence-electron chi connectivity index (χ1n) is 11.5. The molecule has 7 nitrogen and oxygen atoms in total. The zero-order valence-electron chi connectivity index (χ0n) is 18.8. The number of nitro benzene ring substituents is 1. The van der Waals surface area contributed by atoms with Gasteiger partial charge in [-0.1, -0.05) is 48.5 Å². The summed E-state index contributed by atoms with van der Waals surface area (Å²) in [6.45, 7) is 0. The number of ketones is 1. The van der Waals surface area contributed by atoms with Crippen LogP contribution in [-0.2, 0) is 17.6 Å². The van der Waals surface area contributed by atoms with E-state index in [9.17, 15) is 19.7 Å². The lowest BCUT2D eigenvalue weighted by atomic mass is 9.89. The van der Waals surface area contributed by atoms with Crippen LogP contribution in [0.5, 0.6) is 0 Å². The maximum absolute atomic E-state index is 13.7. The smallest absolute Gasteiger partial charge is 0.340 e. The number of aromatic nitrogens is 1. The molecule has 0 bridgehead atoms. The van der Waals surface area contributed by atoms with Gasteiger partial charge in [-0.25, -0.2) is 4.79 Å². The van der Waals surface area contributed by atoms with Gasteiger partial charge in [-0.3, -0.25) is 19.9 Å². The first-order chi connectivity index (χ1) is 17.0. The molecular formula is C28H22N2O5. The normalized spacial score (nSPS) is 13.6. The molecule has 1 aliphatic carbocycles. The van der Waals surface area contributed by atoms with Gasteiger partial charge < -0.3 is 4.74 Å². The Bertz CT molecular complexity index is 1430. The van der Waals surface area contributed by atoms with Crippen LogP contribution in [-0.4, -0.2) is 21.7 Å². The molecule has 0 saturated heterocycles. The Labute approximate surface area is 201 Å². The minimum atomic E-state index is -1.25. The molecule has 0 fully saturated rings. The SMILES string of the molecule is O=C(O[C@@H](C(=O)c1ccccc1)c1ccc([N+](=O)[O-])cc1)c1c2c(nc3ccccc13)CCCC2. The molecule has 0 spiro atoms. The number of fused-ring (bicyclic) bond motifs is 2. The number of rotatable bonds is 6. The highest BCUT2D eigenvalue weighted by molar-refractivity contribution is 6.07. The molecule has 4 aromatic rings. The Balaban J connectivity index is 1.58. The van der Waals surface area contributed by atoms with E-state index in [4.69, 9.17) is 9.72 Å². The van der Waals surface area contributed by atoms with Crippen molar-refractivity contribution >= 4 is 28.3 Å². The molecule has 0 aliphatic heterocycles. The van der Waals surface area contributed by atoms with Crippen molar-refractivity contribution in [2.24, 2.45) is 0 Å². The summed E-state index contributed by atoms with van der Waals surface area (Å²) in [5.41, 5.74) is 3.55. The van der Waals surface area contributed by atoms with Crippen LogP contribution in [0.3, 0.4) is 0 Å². The largest absolute Gasteiger partial charge is 0.445 e. The maximum Gasteiger partial charge on any atom is 0.340 e. The number of carbonyl (C=O) groups is 2. The highest BCUT2D eigenvalue weighted by Gasteiger charge is 2.30. The van der Waals surface area contributed by atoms with Crippen LogP contribution in [0.15, 0.2) is 78.9 Å². The van der Waals surface area contributed by atoms with Crippen LogP contribution >= 0.6 is 0 Å².